The van der Waals surface area contributed by atoms with Crippen LogP contribution in [-0.4, -0.2) is 33.2 Å². The van der Waals surface area contributed by atoms with E-state index in [0.717, 1.165) is 20.5 Å². The van der Waals surface area contributed by atoms with Crippen LogP contribution in [0.4, 0.5) is 11.6 Å². The molecule has 1 amide bonds. The van der Waals surface area contributed by atoms with Crippen LogP contribution >= 0.6 is 23.1 Å². The summed E-state index contributed by atoms with van der Waals surface area (Å²) in [6, 6.07) is 5.53. The normalized spacial score (nSPS) is 14.2. The highest BCUT2D eigenvalue weighted by molar-refractivity contribution is 8.01. The molecule has 0 radical (unpaired) electrons. The van der Waals surface area contributed by atoms with Crippen molar-refractivity contribution in [2.75, 3.05) is 12.4 Å². The van der Waals surface area contributed by atoms with Crippen LogP contribution in [0.2, 0.25) is 0 Å². The fraction of sp³-hybridized carbons (Fsp3) is 0.316. The first-order valence-electron chi connectivity index (χ1n) is 9.30. The number of nitrogens with two attached hydrogens (primary N) is 1. The Morgan fingerprint density at radius 1 is 1.28 bits per heavy atom. The molecule has 1 aliphatic rings. The summed E-state index contributed by atoms with van der Waals surface area (Å²) in [6.45, 7) is 0. The molecule has 1 aromatic carbocycles. The number of hydrogen-bond acceptors (Lipinski definition) is 8. The van der Waals surface area contributed by atoms with Crippen LogP contribution in [0, 0.1) is 0 Å². The monoisotopic (exact) mass is 429 g/mol. The van der Waals surface area contributed by atoms with Gasteiger partial charge in [0.25, 0.3) is 5.91 Å². The van der Waals surface area contributed by atoms with Crippen molar-refractivity contribution in [2.45, 2.75) is 40.8 Å². The number of carbonyl (C=O) groups is 1. The average Bonchev–Trinajstić information content (AvgIpc) is 3.44. The molecule has 0 aliphatic heterocycles. The maximum absolute atomic E-state index is 13.0. The third-order valence-electron chi connectivity index (χ3n) is 4.76. The van der Waals surface area contributed by atoms with Crippen molar-refractivity contribution < 1.29 is 15.1 Å². The van der Waals surface area contributed by atoms with Crippen molar-refractivity contribution in [2.24, 2.45) is 0 Å². The summed E-state index contributed by atoms with van der Waals surface area (Å²) in [5, 5.41) is 10.7. The Morgan fingerprint density at radius 3 is 2.76 bits per heavy atom. The molecule has 1 fully saturated rings. The molecule has 1 saturated carbocycles. The Labute approximate surface area is 176 Å². The molecule has 1 aliphatic carbocycles. The predicted molar refractivity (Wildman–Crippen MR) is 110 cm³/mol. The number of quaternary nitrogens is 1. The lowest BCUT2D eigenvalue weighted by Crippen LogP contribution is -2.75. The molecular weight excluding hydrogens is 408 g/mol. The Hall–Kier alpha value is -2.40. The number of aromatic nitrogens is 4. The van der Waals surface area contributed by atoms with E-state index in [0.29, 0.717) is 17.4 Å². The fourth-order valence-corrected chi connectivity index (χ4v) is 4.91. The van der Waals surface area contributed by atoms with E-state index < -0.39 is 0 Å². The van der Waals surface area contributed by atoms with Gasteiger partial charge in [0.1, 0.15) is 5.51 Å². The number of benzene rings is 1. The molecule has 3 N–H and O–H groups in total. The third-order valence-corrected chi connectivity index (χ3v) is 6.62. The van der Waals surface area contributed by atoms with Crippen molar-refractivity contribution >= 4 is 40.6 Å². The lowest BCUT2D eigenvalue weighted by atomic mass is 10.0. The minimum absolute atomic E-state index is 0.281. The number of rotatable bonds is 7. The number of amides is 1. The summed E-state index contributed by atoms with van der Waals surface area (Å²) < 4.78 is 0.764. The van der Waals surface area contributed by atoms with Gasteiger partial charge in [-0.05, 0) is 30.4 Å². The van der Waals surface area contributed by atoms with E-state index in [2.05, 4.69) is 25.5 Å². The first kappa shape index (κ1) is 19.9. The van der Waals surface area contributed by atoms with E-state index in [1.807, 2.05) is 24.5 Å². The second kappa shape index (κ2) is 9.40. The number of nitrogens with zero attached hydrogens (tertiary/aromatic N) is 4. The van der Waals surface area contributed by atoms with Gasteiger partial charge in [-0.2, -0.15) is 5.48 Å². The molecule has 0 saturated heterocycles. The van der Waals surface area contributed by atoms with Gasteiger partial charge in [0.2, 0.25) is 5.95 Å². The summed E-state index contributed by atoms with van der Waals surface area (Å²) in [7, 11) is 1.57. The van der Waals surface area contributed by atoms with E-state index in [4.69, 9.17) is 4.84 Å². The first-order valence-corrected chi connectivity index (χ1v) is 11.0. The maximum atomic E-state index is 13.0. The van der Waals surface area contributed by atoms with E-state index in [1.165, 1.54) is 48.8 Å². The van der Waals surface area contributed by atoms with Crippen molar-refractivity contribution in [1.82, 2.24) is 20.2 Å². The molecule has 2 heterocycles. The van der Waals surface area contributed by atoms with Crippen LogP contribution in [0.15, 0.2) is 45.3 Å². The summed E-state index contributed by atoms with van der Waals surface area (Å²) in [5.41, 5.74) is 5.68. The molecule has 8 nitrogen and oxygen atoms in total. The molecule has 4 rings (SSSR count). The maximum Gasteiger partial charge on any atom is 0.259 e. The van der Waals surface area contributed by atoms with E-state index in [1.54, 1.807) is 24.2 Å². The van der Waals surface area contributed by atoms with E-state index >= 15 is 0 Å². The highest BCUT2D eigenvalue weighted by Crippen LogP contribution is 2.34. The molecule has 0 unspecified atom stereocenters. The smallest absolute Gasteiger partial charge is 0.259 e. The number of anilines is 1. The fourth-order valence-electron chi connectivity index (χ4n) is 3.37. The quantitative estimate of drug-likeness (QED) is 0.439. The lowest BCUT2D eigenvalue weighted by molar-refractivity contribution is -0.830. The van der Waals surface area contributed by atoms with Crippen LogP contribution in [0.3, 0.4) is 0 Å². The highest BCUT2D eigenvalue weighted by Gasteiger charge is 2.19. The molecule has 0 atom stereocenters. The van der Waals surface area contributed by atoms with E-state index in [-0.39, 0.29) is 5.91 Å². The SMILES string of the molecule is CO[NH2+]c1ccc(Sc2nncs2)c(C(=O)Nc2ncc(C3CCCC3)cn2)c1. The first-order chi connectivity index (χ1) is 14.2. The van der Waals surface area contributed by atoms with Crippen LogP contribution in [0.25, 0.3) is 0 Å². The Morgan fingerprint density at radius 2 is 2.07 bits per heavy atom. The molecule has 2 aromatic heterocycles. The van der Waals surface area contributed by atoms with Gasteiger partial charge in [-0.3, -0.25) is 10.1 Å². The summed E-state index contributed by atoms with van der Waals surface area (Å²) >= 11 is 2.82. The van der Waals surface area contributed by atoms with Crippen molar-refractivity contribution in [3.8, 4) is 0 Å². The number of nitrogens with one attached hydrogen (secondary N) is 1. The van der Waals surface area contributed by atoms with Crippen LogP contribution < -0.4 is 10.8 Å². The zero-order chi connectivity index (χ0) is 20.1. The van der Waals surface area contributed by atoms with E-state index in [9.17, 15) is 4.79 Å². The number of hydrogen-bond donors (Lipinski definition) is 2. The lowest BCUT2D eigenvalue weighted by Gasteiger charge is -2.11. The summed E-state index contributed by atoms with van der Waals surface area (Å²) in [6.07, 6.45) is 8.53. The third kappa shape index (κ3) is 4.96. The molecular formula is C19H21N6O2S2+. The van der Waals surface area contributed by atoms with Gasteiger partial charge in [0.15, 0.2) is 10.0 Å². The van der Waals surface area contributed by atoms with Gasteiger partial charge in [0, 0.05) is 29.4 Å². The Bertz CT molecular complexity index is 959. The average molecular weight is 430 g/mol. The van der Waals surface area contributed by atoms with Gasteiger partial charge in [0.05, 0.1) is 12.7 Å². The minimum atomic E-state index is -0.281. The van der Waals surface area contributed by atoms with Gasteiger partial charge in [-0.1, -0.05) is 35.9 Å². The van der Waals surface area contributed by atoms with Gasteiger partial charge >= 0.3 is 0 Å². The van der Waals surface area contributed by atoms with Gasteiger partial charge in [-0.15, -0.1) is 10.2 Å². The Balaban J connectivity index is 1.53. The number of carbonyl (C=O) groups excluding carboxylic acids is 1. The second-order valence-electron chi connectivity index (χ2n) is 6.69. The topological polar surface area (TPSA) is 106 Å². The summed E-state index contributed by atoms with van der Waals surface area (Å²) in [5.74, 6) is 0.553. The van der Waals surface area contributed by atoms with Crippen LogP contribution in [-0.2, 0) is 4.84 Å². The minimum Gasteiger partial charge on any atom is -0.290 e. The van der Waals surface area contributed by atoms with Crippen LogP contribution in [0.1, 0.15) is 47.5 Å². The van der Waals surface area contributed by atoms with Crippen molar-refractivity contribution in [3.63, 3.8) is 0 Å². The second-order valence-corrected chi connectivity index (χ2v) is 8.81. The molecule has 10 heteroatoms. The largest absolute Gasteiger partial charge is 0.290 e. The van der Waals surface area contributed by atoms with Gasteiger partial charge < -0.3 is 0 Å². The zero-order valence-electron chi connectivity index (χ0n) is 15.9. The summed E-state index contributed by atoms with van der Waals surface area (Å²) in [4.78, 5) is 27.5. The standard InChI is InChI=1S/C19H20N6O2S2/c1-27-25-14-6-7-16(29-19-24-22-11-28-19)15(8-14)17(26)23-18-20-9-13(10-21-18)12-4-2-3-5-12/h6-12,25H,2-5H2,1H3,(H,20,21,23,26)/p+1. The molecule has 150 valence electrons. The van der Waals surface area contributed by atoms with Crippen molar-refractivity contribution in [1.29, 1.82) is 0 Å². The molecule has 0 bridgehead atoms. The van der Waals surface area contributed by atoms with Crippen molar-refractivity contribution in [3.05, 3.63) is 47.2 Å². The van der Waals surface area contributed by atoms with Gasteiger partial charge in [-0.25, -0.2) is 14.8 Å². The Kier molecular flexibility index (Phi) is 6.45. The molecule has 29 heavy (non-hydrogen) atoms. The predicted octanol–water partition coefficient (Wildman–Crippen LogP) is 3.15. The zero-order valence-corrected chi connectivity index (χ0v) is 17.5. The van der Waals surface area contributed by atoms with Crippen LogP contribution in [0.5, 0.6) is 0 Å². The highest BCUT2D eigenvalue weighted by atomic mass is 32.2. The molecule has 3 aromatic rings. The molecule has 0 spiro atoms.